The first-order valence-electron chi connectivity index (χ1n) is 13.1. The van der Waals surface area contributed by atoms with Gasteiger partial charge < -0.3 is 9.84 Å². The number of hydrogen-bond donors (Lipinski definition) is 1. The van der Waals surface area contributed by atoms with Crippen LogP contribution >= 0.6 is 0 Å². The van der Waals surface area contributed by atoms with Gasteiger partial charge in [0, 0.05) is 0 Å². The molecule has 184 valence electrons. The van der Waals surface area contributed by atoms with Gasteiger partial charge in [-0.05, 0) is 73.9 Å². The van der Waals surface area contributed by atoms with E-state index in [-0.39, 0.29) is 0 Å². The van der Waals surface area contributed by atoms with E-state index in [1.807, 2.05) is 36.4 Å². The van der Waals surface area contributed by atoms with Crippen LogP contribution in [0.1, 0.15) is 94.3 Å². The summed E-state index contributed by atoms with van der Waals surface area (Å²) in [4.78, 5) is 11.0. The fourth-order valence-electron chi connectivity index (χ4n) is 3.83. The summed E-state index contributed by atoms with van der Waals surface area (Å²) in [5, 5.41) is 9.00. The zero-order valence-electron chi connectivity index (χ0n) is 20.9. The minimum atomic E-state index is -0.903. The van der Waals surface area contributed by atoms with Gasteiger partial charge in [-0.2, -0.15) is 0 Å². The highest BCUT2D eigenvalue weighted by Crippen LogP contribution is 2.23. The Morgan fingerprint density at radius 3 is 1.82 bits per heavy atom. The minimum Gasteiger partial charge on any atom is -0.494 e. The van der Waals surface area contributed by atoms with Crippen molar-refractivity contribution >= 4 is 5.97 Å². The first kappa shape index (κ1) is 27.4. The summed E-state index contributed by atoms with van der Waals surface area (Å²) >= 11 is 0. The molecule has 0 aliphatic heterocycles. The molecule has 3 nitrogen and oxygen atoms in total. The van der Waals surface area contributed by atoms with E-state index in [4.69, 9.17) is 9.84 Å². The Labute approximate surface area is 206 Å². The van der Waals surface area contributed by atoms with Gasteiger partial charge in [-0.25, -0.2) is 4.79 Å². The van der Waals surface area contributed by atoms with E-state index >= 15 is 0 Å². The van der Waals surface area contributed by atoms with E-state index in [2.05, 4.69) is 31.2 Å². The summed E-state index contributed by atoms with van der Waals surface area (Å²) in [5.74, 6) is -0.0205. The summed E-state index contributed by atoms with van der Waals surface area (Å²) in [6.45, 7) is 3.00. The maximum atomic E-state index is 11.0. The van der Waals surface area contributed by atoms with Crippen molar-refractivity contribution in [2.24, 2.45) is 0 Å². The third-order valence-corrected chi connectivity index (χ3v) is 5.93. The first-order chi connectivity index (χ1) is 16.7. The van der Waals surface area contributed by atoms with Crippen LogP contribution in [0, 0.1) is 0 Å². The third kappa shape index (κ3) is 11.9. The van der Waals surface area contributed by atoms with Crippen LogP contribution in [-0.2, 0) is 0 Å². The predicted molar refractivity (Wildman–Crippen MR) is 144 cm³/mol. The molecule has 0 heterocycles. The van der Waals surface area contributed by atoms with Crippen LogP contribution < -0.4 is 4.74 Å². The number of ether oxygens (including phenoxy) is 1. The molecule has 3 heteroatoms. The number of aromatic carboxylic acids is 1. The quantitative estimate of drug-likeness (QED) is 0.177. The van der Waals surface area contributed by atoms with Gasteiger partial charge in [-0.1, -0.05) is 94.0 Å². The fraction of sp³-hybridized carbons (Fsp3) is 0.452. The van der Waals surface area contributed by atoms with Crippen molar-refractivity contribution in [2.75, 3.05) is 6.61 Å². The van der Waals surface area contributed by atoms with Gasteiger partial charge in [-0.15, -0.1) is 0 Å². The first-order valence-corrected chi connectivity index (χ1v) is 13.1. The fourth-order valence-corrected chi connectivity index (χ4v) is 3.83. The van der Waals surface area contributed by atoms with Gasteiger partial charge in [0.05, 0.1) is 12.2 Å². The highest BCUT2D eigenvalue weighted by molar-refractivity contribution is 5.88. The Kier molecular flexibility index (Phi) is 14.2. The van der Waals surface area contributed by atoms with Crippen molar-refractivity contribution in [3.05, 3.63) is 78.4 Å². The molecule has 2 aromatic carbocycles. The van der Waals surface area contributed by atoms with E-state index in [9.17, 15) is 4.79 Å². The molecule has 0 saturated heterocycles. The molecule has 0 aromatic heterocycles. The smallest absolute Gasteiger partial charge is 0.335 e. The molecule has 0 aliphatic rings. The van der Waals surface area contributed by atoms with Gasteiger partial charge >= 0.3 is 5.97 Å². The number of carboxylic acid groups (broad SMARTS) is 1. The molecule has 2 rings (SSSR count). The molecule has 0 atom stereocenters. The highest BCUT2D eigenvalue weighted by atomic mass is 16.5. The average Bonchev–Trinajstić information content (AvgIpc) is 2.86. The maximum Gasteiger partial charge on any atom is 0.335 e. The monoisotopic (exact) mass is 462 g/mol. The summed E-state index contributed by atoms with van der Waals surface area (Å²) in [7, 11) is 0. The highest BCUT2D eigenvalue weighted by Gasteiger charge is 2.03. The van der Waals surface area contributed by atoms with E-state index in [1.54, 1.807) is 12.1 Å². The largest absolute Gasteiger partial charge is 0.494 e. The van der Waals surface area contributed by atoms with E-state index in [0.717, 1.165) is 36.3 Å². The van der Waals surface area contributed by atoms with Crippen molar-refractivity contribution in [1.82, 2.24) is 0 Å². The SMILES string of the molecule is CCCCC/C=C\C/C=C\CCCCCCCCOc1ccc(-c2ccc(C(=O)O)cc2)cc1. The van der Waals surface area contributed by atoms with E-state index in [1.165, 1.54) is 64.2 Å². The number of hydrogen-bond acceptors (Lipinski definition) is 2. The van der Waals surface area contributed by atoms with Gasteiger partial charge in [0.15, 0.2) is 0 Å². The molecule has 2 aromatic rings. The molecule has 0 fully saturated rings. The Bertz CT molecular complexity index is 847. The Morgan fingerprint density at radius 2 is 1.24 bits per heavy atom. The zero-order chi connectivity index (χ0) is 24.3. The normalized spacial score (nSPS) is 11.4. The van der Waals surface area contributed by atoms with Crippen molar-refractivity contribution in [1.29, 1.82) is 0 Å². The van der Waals surface area contributed by atoms with Gasteiger partial charge in [0.25, 0.3) is 0 Å². The molecule has 0 unspecified atom stereocenters. The number of carbonyl (C=O) groups is 1. The van der Waals surface area contributed by atoms with Crippen LogP contribution in [0.5, 0.6) is 5.75 Å². The average molecular weight is 463 g/mol. The molecular formula is C31H42O3. The topological polar surface area (TPSA) is 46.5 Å². The molecule has 0 bridgehead atoms. The second-order valence-corrected chi connectivity index (χ2v) is 8.84. The van der Waals surface area contributed by atoms with Crippen molar-refractivity contribution in [2.45, 2.75) is 84.0 Å². The van der Waals surface area contributed by atoms with Crippen LogP contribution in [-0.4, -0.2) is 17.7 Å². The predicted octanol–water partition coefficient (Wildman–Crippen LogP) is 9.24. The van der Waals surface area contributed by atoms with Crippen LogP contribution in [0.4, 0.5) is 0 Å². The molecule has 0 amide bonds. The summed E-state index contributed by atoms with van der Waals surface area (Å²) < 4.78 is 5.87. The van der Waals surface area contributed by atoms with Crippen LogP contribution in [0.3, 0.4) is 0 Å². The molecule has 1 N–H and O–H groups in total. The summed E-state index contributed by atoms with van der Waals surface area (Å²) in [5.41, 5.74) is 2.36. The summed E-state index contributed by atoms with van der Waals surface area (Å²) in [6, 6.07) is 14.9. The molecule has 34 heavy (non-hydrogen) atoms. The molecule has 0 radical (unpaired) electrons. The standard InChI is InChI=1S/C31H42O3/c1-2-3-4-5-6-7-8-9-10-11-12-13-14-15-16-17-26-34-30-24-22-28(23-25-30)27-18-20-29(21-19-27)31(32)33/h6-7,9-10,18-25H,2-5,8,11-17,26H2,1H3,(H,32,33)/b7-6-,10-9-. The van der Waals surface area contributed by atoms with E-state index < -0.39 is 5.97 Å². The molecule has 0 saturated carbocycles. The summed E-state index contributed by atoms with van der Waals surface area (Å²) in [6.07, 6.45) is 24.2. The van der Waals surface area contributed by atoms with Gasteiger partial charge in [0.1, 0.15) is 5.75 Å². The number of allylic oxidation sites excluding steroid dienone is 4. The van der Waals surface area contributed by atoms with E-state index in [0.29, 0.717) is 5.56 Å². The van der Waals surface area contributed by atoms with Crippen molar-refractivity contribution in [3.8, 4) is 16.9 Å². The Balaban J connectivity index is 1.46. The zero-order valence-corrected chi connectivity index (χ0v) is 20.9. The number of rotatable bonds is 18. The maximum absolute atomic E-state index is 11.0. The lowest BCUT2D eigenvalue weighted by Gasteiger charge is -2.08. The number of carboxylic acids is 1. The third-order valence-electron chi connectivity index (χ3n) is 5.93. The molecular weight excluding hydrogens is 420 g/mol. The van der Waals surface area contributed by atoms with Crippen LogP contribution in [0.15, 0.2) is 72.8 Å². The lowest BCUT2D eigenvalue weighted by Crippen LogP contribution is -1.97. The van der Waals surface area contributed by atoms with Gasteiger partial charge in [0.2, 0.25) is 0 Å². The second-order valence-electron chi connectivity index (χ2n) is 8.84. The van der Waals surface area contributed by atoms with Crippen molar-refractivity contribution in [3.63, 3.8) is 0 Å². The molecule has 0 spiro atoms. The Hall–Kier alpha value is -2.81. The van der Waals surface area contributed by atoms with Gasteiger partial charge in [-0.3, -0.25) is 0 Å². The lowest BCUT2D eigenvalue weighted by atomic mass is 10.0. The minimum absolute atomic E-state index is 0.303. The van der Waals surface area contributed by atoms with Crippen LogP contribution in [0.2, 0.25) is 0 Å². The van der Waals surface area contributed by atoms with Crippen molar-refractivity contribution < 1.29 is 14.6 Å². The Morgan fingerprint density at radius 1 is 0.706 bits per heavy atom. The number of unbranched alkanes of at least 4 members (excludes halogenated alkanes) is 9. The number of benzene rings is 2. The second kappa shape index (κ2) is 17.6. The van der Waals surface area contributed by atoms with Crippen LogP contribution in [0.25, 0.3) is 11.1 Å². The molecule has 0 aliphatic carbocycles. The lowest BCUT2D eigenvalue weighted by molar-refractivity contribution is 0.0697.